The summed E-state index contributed by atoms with van der Waals surface area (Å²) in [6.07, 6.45) is 0.776. The molecule has 2 N–H and O–H groups in total. The smallest absolute Gasteiger partial charge is 0.319 e. The lowest BCUT2D eigenvalue weighted by Gasteiger charge is -2.09. The van der Waals surface area contributed by atoms with Crippen LogP contribution in [0.4, 0.5) is 10.5 Å². The molecule has 0 aliphatic rings. The molecule has 6 heteroatoms. The molecule has 0 aliphatic carbocycles. The first-order chi connectivity index (χ1) is 10.4. The molecule has 118 valence electrons. The van der Waals surface area contributed by atoms with Gasteiger partial charge in [0.2, 0.25) is 0 Å². The maximum absolute atomic E-state index is 11.9. The van der Waals surface area contributed by atoms with Crippen molar-refractivity contribution in [3.63, 3.8) is 0 Å². The fourth-order valence-corrected chi connectivity index (χ4v) is 2.62. The number of nitrogens with zero attached hydrogens (tertiary/aromatic N) is 2. The average Bonchev–Trinajstić information content (AvgIpc) is 2.69. The molecule has 0 fully saturated rings. The maximum atomic E-state index is 11.9. The van der Waals surface area contributed by atoms with Gasteiger partial charge in [0.1, 0.15) is 0 Å². The molecule has 0 aliphatic heterocycles. The molecule has 0 unspecified atom stereocenters. The number of halogens is 1. The number of benzene rings is 1. The number of nitrogens with one attached hydrogen (secondary N) is 2. The van der Waals surface area contributed by atoms with Crippen LogP contribution in [-0.4, -0.2) is 22.4 Å². The van der Waals surface area contributed by atoms with Crippen LogP contribution in [0.1, 0.15) is 22.5 Å². The Bertz CT molecular complexity index is 694. The van der Waals surface area contributed by atoms with E-state index in [2.05, 4.69) is 31.7 Å². The number of hydrogen-bond donors (Lipinski definition) is 2. The first-order valence-corrected chi connectivity index (χ1v) is 7.98. The number of anilines is 1. The molecule has 2 rings (SSSR count). The Morgan fingerprint density at radius 1 is 1.32 bits per heavy atom. The molecular formula is C16H21BrN4O. The topological polar surface area (TPSA) is 59.0 Å². The van der Waals surface area contributed by atoms with Gasteiger partial charge in [-0.3, -0.25) is 4.68 Å². The Kier molecular flexibility index (Phi) is 5.24. The molecule has 0 bridgehead atoms. The number of amides is 2. The largest absolute Gasteiger partial charge is 0.338 e. The van der Waals surface area contributed by atoms with Gasteiger partial charge in [0.05, 0.1) is 5.69 Å². The Morgan fingerprint density at radius 2 is 2.05 bits per heavy atom. The van der Waals surface area contributed by atoms with Crippen molar-refractivity contribution in [3.05, 3.63) is 45.2 Å². The summed E-state index contributed by atoms with van der Waals surface area (Å²) in [5, 5.41) is 10.1. The molecule has 0 saturated carbocycles. The zero-order valence-corrected chi connectivity index (χ0v) is 14.9. The van der Waals surface area contributed by atoms with Crippen LogP contribution in [0.3, 0.4) is 0 Å². The second-order valence-corrected chi connectivity index (χ2v) is 6.22. The van der Waals surface area contributed by atoms with Gasteiger partial charge in [0.15, 0.2) is 0 Å². The minimum atomic E-state index is -0.194. The van der Waals surface area contributed by atoms with Crippen LogP contribution >= 0.6 is 15.9 Å². The summed E-state index contributed by atoms with van der Waals surface area (Å²) < 4.78 is 2.90. The van der Waals surface area contributed by atoms with Crippen LogP contribution in [0.25, 0.3) is 0 Å². The molecule has 2 aromatic rings. The van der Waals surface area contributed by atoms with Gasteiger partial charge in [-0.25, -0.2) is 4.79 Å². The van der Waals surface area contributed by atoms with Crippen LogP contribution in [0.2, 0.25) is 0 Å². The first-order valence-electron chi connectivity index (χ1n) is 7.18. The molecule has 1 heterocycles. The molecule has 0 atom stereocenters. The number of rotatable bonds is 4. The summed E-state index contributed by atoms with van der Waals surface area (Å²) in [6, 6.07) is 5.53. The fourth-order valence-electron chi connectivity index (χ4n) is 2.38. The standard InChI is InChI=1S/C16H21BrN4O/c1-10-9-13(5-6-15(10)17)19-16(22)18-8-7-14-11(2)20-21(4)12(14)3/h5-6,9H,7-8H2,1-4H3,(H2,18,19,22). The molecule has 0 radical (unpaired) electrons. The average molecular weight is 365 g/mol. The monoisotopic (exact) mass is 364 g/mol. The van der Waals surface area contributed by atoms with Crippen molar-refractivity contribution in [1.29, 1.82) is 0 Å². The van der Waals surface area contributed by atoms with Gasteiger partial charge in [-0.15, -0.1) is 0 Å². The summed E-state index contributed by atoms with van der Waals surface area (Å²) >= 11 is 3.44. The van der Waals surface area contributed by atoms with E-state index in [1.54, 1.807) is 0 Å². The second-order valence-electron chi connectivity index (χ2n) is 5.37. The van der Waals surface area contributed by atoms with E-state index in [1.807, 2.05) is 50.7 Å². The highest BCUT2D eigenvalue weighted by Gasteiger charge is 2.09. The number of hydrogen-bond acceptors (Lipinski definition) is 2. The summed E-state index contributed by atoms with van der Waals surface area (Å²) in [4.78, 5) is 11.9. The van der Waals surface area contributed by atoms with Crippen LogP contribution in [0.5, 0.6) is 0 Å². The molecule has 0 saturated heterocycles. The van der Waals surface area contributed by atoms with Gasteiger partial charge in [0, 0.05) is 29.4 Å². The number of carbonyl (C=O) groups excluding carboxylic acids is 1. The Morgan fingerprint density at radius 3 is 2.64 bits per heavy atom. The minimum Gasteiger partial charge on any atom is -0.338 e. The maximum Gasteiger partial charge on any atom is 0.319 e. The second kappa shape index (κ2) is 6.96. The van der Waals surface area contributed by atoms with Gasteiger partial charge in [-0.1, -0.05) is 15.9 Å². The lowest BCUT2D eigenvalue weighted by atomic mass is 10.1. The Labute approximate surface area is 139 Å². The lowest BCUT2D eigenvalue weighted by molar-refractivity contribution is 0.252. The van der Waals surface area contributed by atoms with Crippen molar-refractivity contribution in [3.8, 4) is 0 Å². The molecule has 2 amide bonds. The highest BCUT2D eigenvalue weighted by atomic mass is 79.9. The summed E-state index contributed by atoms with van der Waals surface area (Å²) in [5.74, 6) is 0. The van der Waals surface area contributed by atoms with Crippen molar-refractivity contribution in [2.75, 3.05) is 11.9 Å². The van der Waals surface area contributed by atoms with Gasteiger partial charge < -0.3 is 10.6 Å². The SMILES string of the molecule is Cc1cc(NC(=O)NCCc2c(C)nn(C)c2C)ccc1Br. The number of carbonyl (C=O) groups is 1. The molecule has 1 aromatic heterocycles. The third-order valence-corrected chi connectivity index (χ3v) is 4.63. The van der Waals surface area contributed by atoms with E-state index in [1.165, 1.54) is 5.56 Å². The van der Waals surface area contributed by atoms with Gasteiger partial charge >= 0.3 is 6.03 Å². The summed E-state index contributed by atoms with van der Waals surface area (Å²) in [6.45, 7) is 6.60. The molecular weight excluding hydrogens is 344 g/mol. The van der Waals surface area contributed by atoms with E-state index in [4.69, 9.17) is 0 Å². The van der Waals surface area contributed by atoms with E-state index in [0.717, 1.165) is 33.5 Å². The van der Waals surface area contributed by atoms with E-state index in [-0.39, 0.29) is 6.03 Å². The van der Waals surface area contributed by atoms with Crippen LogP contribution < -0.4 is 10.6 Å². The van der Waals surface area contributed by atoms with Crippen LogP contribution in [0.15, 0.2) is 22.7 Å². The number of urea groups is 1. The van der Waals surface area contributed by atoms with Crippen molar-refractivity contribution >= 4 is 27.6 Å². The minimum absolute atomic E-state index is 0.194. The third kappa shape index (κ3) is 3.88. The van der Waals surface area contributed by atoms with E-state index in [9.17, 15) is 4.79 Å². The third-order valence-electron chi connectivity index (χ3n) is 3.74. The lowest BCUT2D eigenvalue weighted by Crippen LogP contribution is -2.30. The fraction of sp³-hybridized carbons (Fsp3) is 0.375. The van der Waals surface area contributed by atoms with E-state index >= 15 is 0 Å². The highest BCUT2D eigenvalue weighted by Crippen LogP contribution is 2.19. The van der Waals surface area contributed by atoms with Crippen LogP contribution in [-0.2, 0) is 13.5 Å². The predicted molar refractivity (Wildman–Crippen MR) is 92.3 cm³/mol. The van der Waals surface area contributed by atoms with Gasteiger partial charge in [-0.05, 0) is 56.5 Å². The Balaban J connectivity index is 1.86. The van der Waals surface area contributed by atoms with Crippen molar-refractivity contribution in [2.24, 2.45) is 7.05 Å². The van der Waals surface area contributed by atoms with Gasteiger partial charge in [-0.2, -0.15) is 5.10 Å². The van der Waals surface area contributed by atoms with Gasteiger partial charge in [0.25, 0.3) is 0 Å². The highest BCUT2D eigenvalue weighted by molar-refractivity contribution is 9.10. The molecule has 22 heavy (non-hydrogen) atoms. The summed E-state index contributed by atoms with van der Waals surface area (Å²) in [5.41, 5.74) is 5.22. The zero-order chi connectivity index (χ0) is 16.3. The van der Waals surface area contributed by atoms with E-state index in [0.29, 0.717) is 6.54 Å². The van der Waals surface area contributed by atoms with E-state index < -0.39 is 0 Å². The first kappa shape index (κ1) is 16.5. The summed E-state index contributed by atoms with van der Waals surface area (Å²) in [7, 11) is 1.93. The quantitative estimate of drug-likeness (QED) is 0.872. The molecule has 5 nitrogen and oxygen atoms in total. The molecule has 1 aromatic carbocycles. The predicted octanol–water partition coefficient (Wildman–Crippen LogP) is 3.47. The van der Waals surface area contributed by atoms with Crippen LogP contribution in [0, 0.1) is 20.8 Å². The number of aromatic nitrogens is 2. The zero-order valence-electron chi connectivity index (χ0n) is 13.3. The van der Waals surface area contributed by atoms with Crippen molar-refractivity contribution in [1.82, 2.24) is 15.1 Å². The molecule has 0 spiro atoms. The van der Waals surface area contributed by atoms with Crippen molar-refractivity contribution < 1.29 is 4.79 Å². The normalized spacial score (nSPS) is 10.6. The Hall–Kier alpha value is -1.82. The van der Waals surface area contributed by atoms with Crippen molar-refractivity contribution in [2.45, 2.75) is 27.2 Å². The number of aryl methyl sites for hydroxylation is 3.